The second kappa shape index (κ2) is 6.94. The quantitative estimate of drug-likeness (QED) is 0.646. The fourth-order valence-corrected chi connectivity index (χ4v) is 1.62. The van der Waals surface area contributed by atoms with Gasteiger partial charge in [-0.25, -0.2) is 5.43 Å². The van der Waals surface area contributed by atoms with Crippen LogP contribution in [-0.4, -0.2) is 24.2 Å². The number of carbonyl (C=O) groups is 1. The number of H-pyrrole nitrogens is 1. The van der Waals surface area contributed by atoms with Gasteiger partial charge in [-0.1, -0.05) is 18.2 Å². The molecule has 1 aromatic heterocycles. The molecule has 0 radical (unpaired) electrons. The number of aromatic nitrogens is 1. The molecule has 2 N–H and O–H groups in total. The molecule has 5 nitrogen and oxygen atoms in total. The van der Waals surface area contributed by atoms with Gasteiger partial charge in [0, 0.05) is 18.0 Å². The van der Waals surface area contributed by atoms with Crippen molar-refractivity contribution in [2.45, 2.75) is 0 Å². The number of aromatic amines is 1. The van der Waals surface area contributed by atoms with Crippen LogP contribution in [0.15, 0.2) is 53.8 Å². The summed E-state index contributed by atoms with van der Waals surface area (Å²) >= 11 is 0. The second-order valence-electron chi connectivity index (χ2n) is 3.90. The van der Waals surface area contributed by atoms with Gasteiger partial charge in [-0.2, -0.15) is 5.10 Å². The zero-order valence-corrected chi connectivity index (χ0v) is 11.0. The van der Waals surface area contributed by atoms with Crippen LogP contribution < -0.4 is 10.2 Å². The normalized spacial score (nSPS) is 11.1. The summed E-state index contributed by atoms with van der Waals surface area (Å²) in [5.41, 5.74) is 3.83. The first-order valence-electron chi connectivity index (χ1n) is 6.08. The molecule has 0 fully saturated rings. The average Bonchev–Trinajstić information content (AvgIpc) is 3.01. The van der Waals surface area contributed by atoms with E-state index in [-0.39, 0.29) is 5.91 Å². The number of hydrogen-bond donors (Lipinski definition) is 2. The summed E-state index contributed by atoms with van der Waals surface area (Å²) < 4.78 is 5.22. The van der Waals surface area contributed by atoms with E-state index in [9.17, 15) is 4.79 Å². The highest BCUT2D eigenvalue weighted by atomic mass is 16.5. The lowest BCUT2D eigenvalue weighted by atomic mass is 10.2. The van der Waals surface area contributed by atoms with Gasteiger partial charge in [0.2, 0.25) is 0 Å². The smallest absolute Gasteiger partial charge is 0.287 e. The third-order valence-electron chi connectivity index (χ3n) is 2.58. The first-order chi connectivity index (χ1) is 9.81. The Morgan fingerprint density at radius 2 is 2.15 bits per heavy atom. The zero-order valence-electron chi connectivity index (χ0n) is 11.0. The van der Waals surface area contributed by atoms with Crippen LogP contribution in [-0.2, 0) is 0 Å². The molecule has 1 amide bonds. The Labute approximate surface area is 117 Å². The summed E-state index contributed by atoms with van der Waals surface area (Å²) in [5, 5.41) is 3.83. The number of benzene rings is 1. The lowest BCUT2D eigenvalue weighted by molar-refractivity contribution is 0.0951. The van der Waals surface area contributed by atoms with E-state index >= 15 is 0 Å². The number of rotatable bonds is 5. The summed E-state index contributed by atoms with van der Waals surface area (Å²) in [5.74, 6) is 0.504. The number of methoxy groups -OCH3 is 1. The molecule has 0 atom stereocenters. The van der Waals surface area contributed by atoms with Crippen molar-refractivity contribution >= 4 is 18.2 Å². The molecule has 0 aliphatic carbocycles. The van der Waals surface area contributed by atoms with Crippen LogP contribution >= 0.6 is 0 Å². The predicted molar refractivity (Wildman–Crippen MR) is 78.8 cm³/mol. The number of nitrogens with zero attached hydrogens (tertiary/aromatic N) is 1. The molecule has 20 heavy (non-hydrogen) atoms. The number of para-hydroxylation sites is 1. The van der Waals surface area contributed by atoms with Crippen LogP contribution in [0, 0.1) is 0 Å². The van der Waals surface area contributed by atoms with E-state index in [1.54, 1.807) is 31.5 Å². The van der Waals surface area contributed by atoms with Crippen LogP contribution in [0.25, 0.3) is 6.08 Å². The number of hydrazone groups is 1. The Balaban J connectivity index is 1.90. The van der Waals surface area contributed by atoms with Crippen LogP contribution in [0.1, 0.15) is 16.1 Å². The standard InChI is InChI=1S/C15H15N3O2/c1-20-14-9-3-2-6-12(14)7-4-11-17-18-15(19)13-8-5-10-16-13/h2-11,16H,1H3,(H,18,19)/b7-4+,17-11-. The van der Waals surface area contributed by atoms with Crippen molar-refractivity contribution in [3.63, 3.8) is 0 Å². The molecule has 2 aromatic rings. The number of carbonyl (C=O) groups excluding carboxylic acids is 1. The van der Waals surface area contributed by atoms with E-state index in [0.717, 1.165) is 11.3 Å². The molecular weight excluding hydrogens is 254 g/mol. The highest BCUT2D eigenvalue weighted by Gasteiger charge is 2.02. The van der Waals surface area contributed by atoms with Gasteiger partial charge in [0.1, 0.15) is 11.4 Å². The average molecular weight is 269 g/mol. The van der Waals surface area contributed by atoms with Gasteiger partial charge >= 0.3 is 0 Å². The molecule has 1 aromatic carbocycles. The highest BCUT2D eigenvalue weighted by molar-refractivity contribution is 5.93. The van der Waals surface area contributed by atoms with Crippen molar-refractivity contribution in [3.8, 4) is 5.75 Å². The minimum atomic E-state index is -0.281. The summed E-state index contributed by atoms with van der Waals surface area (Å²) in [6.45, 7) is 0. The third kappa shape index (κ3) is 3.58. The van der Waals surface area contributed by atoms with Crippen LogP contribution in [0.5, 0.6) is 5.75 Å². The van der Waals surface area contributed by atoms with Gasteiger partial charge in [0.25, 0.3) is 5.91 Å². The van der Waals surface area contributed by atoms with Crippen molar-refractivity contribution in [1.29, 1.82) is 0 Å². The van der Waals surface area contributed by atoms with E-state index in [4.69, 9.17) is 4.74 Å². The fraction of sp³-hybridized carbons (Fsp3) is 0.0667. The molecule has 0 aliphatic heterocycles. The molecule has 0 spiro atoms. The van der Waals surface area contributed by atoms with E-state index in [0.29, 0.717) is 5.69 Å². The van der Waals surface area contributed by atoms with Gasteiger partial charge < -0.3 is 9.72 Å². The molecule has 0 saturated carbocycles. The molecule has 1 heterocycles. The molecule has 102 valence electrons. The fourth-order valence-electron chi connectivity index (χ4n) is 1.62. The van der Waals surface area contributed by atoms with Crippen molar-refractivity contribution in [2.24, 2.45) is 5.10 Å². The monoisotopic (exact) mass is 269 g/mol. The number of allylic oxidation sites excluding steroid dienone is 1. The lowest BCUT2D eigenvalue weighted by Gasteiger charge is -2.02. The van der Waals surface area contributed by atoms with Crippen LogP contribution in [0.2, 0.25) is 0 Å². The van der Waals surface area contributed by atoms with Gasteiger partial charge in [-0.15, -0.1) is 0 Å². The zero-order chi connectivity index (χ0) is 14.2. The van der Waals surface area contributed by atoms with Gasteiger partial charge in [-0.3, -0.25) is 4.79 Å². The Kier molecular flexibility index (Phi) is 4.72. The topological polar surface area (TPSA) is 66.5 Å². The Bertz CT molecular complexity index is 616. The molecule has 0 unspecified atom stereocenters. The maximum Gasteiger partial charge on any atom is 0.287 e. The molecular formula is C15H15N3O2. The SMILES string of the molecule is COc1ccccc1/C=C/C=N\NC(=O)c1ccc[nH]1. The van der Waals surface area contributed by atoms with E-state index in [2.05, 4.69) is 15.5 Å². The van der Waals surface area contributed by atoms with E-state index in [1.807, 2.05) is 30.3 Å². The number of hydrogen-bond acceptors (Lipinski definition) is 3. The Morgan fingerprint density at radius 3 is 2.90 bits per heavy atom. The van der Waals surface area contributed by atoms with Gasteiger partial charge in [0.15, 0.2) is 0 Å². The molecule has 0 saturated heterocycles. The van der Waals surface area contributed by atoms with Crippen molar-refractivity contribution in [3.05, 3.63) is 59.9 Å². The molecule has 5 heteroatoms. The lowest BCUT2D eigenvalue weighted by Crippen LogP contribution is -2.17. The molecule has 2 rings (SSSR count). The van der Waals surface area contributed by atoms with Crippen molar-refractivity contribution in [2.75, 3.05) is 7.11 Å². The maximum atomic E-state index is 11.5. The summed E-state index contributed by atoms with van der Waals surface area (Å²) in [6, 6.07) is 11.1. The predicted octanol–water partition coefficient (Wildman–Crippen LogP) is 2.45. The maximum absolute atomic E-state index is 11.5. The molecule has 0 bridgehead atoms. The highest BCUT2D eigenvalue weighted by Crippen LogP contribution is 2.18. The van der Waals surface area contributed by atoms with Gasteiger partial charge in [-0.05, 0) is 30.4 Å². The first kappa shape index (κ1) is 13.6. The third-order valence-corrected chi connectivity index (χ3v) is 2.58. The van der Waals surface area contributed by atoms with E-state index < -0.39 is 0 Å². The number of nitrogens with one attached hydrogen (secondary N) is 2. The van der Waals surface area contributed by atoms with E-state index in [1.165, 1.54) is 6.21 Å². The number of amides is 1. The minimum absolute atomic E-state index is 0.281. The van der Waals surface area contributed by atoms with Crippen LogP contribution in [0.4, 0.5) is 0 Å². The summed E-state index contributed by atoms with van der Waals surface area (Å²) in [4.78, 5) is 14.3. The van der Waals surface area contributed by atoms with Crippen molar-refractivity contribution < 1.29 is 9.53 Å². The van der Waals surface area contributed by atoms with Crippen LogP contribution in [0.3, 0.4) is 0 Å². The summed E-state index contributed by atoms with van der Waals surface area (Å²) in [6.07, 6.45) is 6.77. The second-order valence-corrected chi connectivity index (χ2v) is 3.90. The first-order valence-corrected chi connectivity index (χ1v) is 6.08. The Hall–Kier alpha value is -2.82. The van der Waals surface area contributed by atoms with Crippen molar-refractivity contribution in [1.82, 2.24) is 10.4 Å². The summed E-state index contributed by atoms with van der Waals surface area (Å²) in [7, 11) is 1.62. The Morgan fingerprint density at radius 1 is 1.30 bits per heavy atom. The largest absolute Gasteiger partial charge is 0.496 e. The minimum Gasteiger partial charge on any atom is -0.496 e. The van der Waals surface area contributed by atoms with Gasteiger partial charge in [0.05, 0.1) is 7.11 Å². The number of ether oxygens (including phenoxy) is 1. The molecule has 0 aliphatic rings.